The fourth-order valence-electron chi connectivity index (χ4n) is 1.13. The van der Waals surface area contributed by atoms with E-state index >= 15 is 0 Å². The lowest BCUT2D eigenvalue weighted by Gasteiger charge is -1.99. The molecule has 3 heteroatoms. The zero-order valence-corrected chi connectivity index (χ0v) is 6.29. The van der Waals surface area contributed by atoms with Crippen molar-refractivity contribution in [1.29, 1.82) is 0 Å². The van der Waals surface area contributed by atoms with Crippen LogP contribution in [0.15, 0.2) is 30.6 Å². The molecule has 0 aliphatic carbocycles. The van der Waals surface area contributed by atoms with Gasteiger partial charge < -0.3 is 5.73 Å². The monoisotopic (exact) mass is 162 g/mol. The molecule has 2 nitrogen and oxygen atoms in total. The van der Waals surface area contributed by atoms with E-state index in [1.165, 1.54) is 6.07 Å². The number of aromatic nitrogens is 1. The molecule has 0 radical (unpaired) electrons. The summed E-state index contributed by atoms with van der Waals surface area (Å²) in [5, 5.41) is 1.67. The summed E-state index contributed by atoms with van der Waals surface area (Å²) >= 11 is 0. The molecule has 2 aromatic rings. The molecule has 0 aliphatic rings. The average molecular weight is 162 g/mol. The number of pyridine rings is 1. The third kappa shape index (κ3) is 0.993. The van der Waals surface area contributed by atoms with Gasteiger partial charge in [0.1, 0.15) is 5.82 Å². The first-order valence-electron chi connectivity index (χ1n) is 3.56. The van der Waals surface area contributed by atoms with Crippen LogP contribution in [0.25, 0.3) is 10.8 Å². The van der Waals surface area contributed by atoms with Crippen molar-refractivity contribution in [3.63, 3.8) is 0 Å². The summed E-state index contributed by atoms with van der Waals surface area (Å²) in [5.74, 6) is -0.393. The summed E-state index contributed by atoms with van der Waals surface area (Å²) in [4.78, 5) is 3.88. The molecule has 0 fully saturated rings. The number of halogens is 1. The Bertz CT molecular complexity index is 385. The number of nitrogens with zero attached hydrogens (tertiary/aromatic N) is 1. The van der Waals surface area contributed by atoms with Crippen molar-refractivity contribution in [3.05, 3.63) is 36.4 Å². The zero-order valence-electron chi connectivity index (χ0n) is 6.29. The molecule has 0 spiro atoms. The number of hydrogen-bond acceptors (Lipinski definition) is 2. The molecule has 0 saturated carbocycles. The Balaban J connectivity index is 2.84. The van der Waals surface area contributed by atoms with E-state index in [1.807, 2.05) is 0 Å². The molecular weight excluding hydrogens is 155 g/mol. The molecule has 60 valence electrons. The van der Waals surface area contributed by atoms with E-state index in [9.17, 15) is 4.39 Å². The summed E-state index contributed by atoms with van der Waals surface area (Å²) in [6.45, 7) is 0. The second-order valence-electron chi connectivity index (χ2n) is 2.60. The molecule has 0 atom stereocenters. The van der Waals surface area contributed by atoms with Gasteiger partial charge in [-0.05, 0) is 23.6 Å². The van der Waals surface area contributed by atoms with Gasteiger partial charge in [0.25, 0.3) is 0 Å². The largest absolute Gasteiger partial charge is 0.396 e. The van der Waals surface area contributed by atoms with Gasteiger partial charge in [-0.2, -0.15) is 0 Å². The van der Waals surface area contributed by atoms with Crippen LogP contribution in [-0.2, 0) is 0 Å². The van der Waals surface area contributed by atoms with E-state index in [4.69, 9.17) is 5.73 Å². The molecule has 1 aromatic heterocycles. The Morgan fingerprint density at radius 1 is 1.25 bits per heavy atom. The van der Waals surface area contributed by atoms with Crippen molar-refractivity contribution < 1.29 is 4.39 Å². The molecule has 0 amide bonds. The Labute approximate surface area is 68.8 Å². The highest BCUT2D eigenvalue weighted by atomic mass is 19.1. The Hall–Kier alpha value is -1.64. The van der Waals surface area contributed by atoms with Crippen LogP contribution >= 0.6 is 0 Å². The fourth-order valence-corrected chi connectivity index (χ4v) is 1.13. The maximum Gasteiger partial charge on any atom is 0.146 e. The van der Waals surface area contributed by atoms with Crippen LogP contribution in [0.5, 0.6) is 0 Å². The molecule has 2 N–H and O–H groups in total. The minimum absolute atomic E-state index is 0.175. The number of fused-ring (bicyclic) bond motifs is 1. The van der Waals surface area contributed by atoms with Crippen LogP contribution in [0, 0.1) is 5.82 Å². The first-order chi connectivity index (χ1) is 5.77. The lowest BCUT2D eigenvalue weighted by Crippen LogP contribution is -1.90. The summed E-state index contributed by atoms with van der Waals surface area (Å²) in [6, 6.07) is 4.79. The Morgan fingerprint density at radius 3 is 2.92 bits per heavy atom. The van der Waals surface area contributed by atoms with Crippen LogP contribution < -0.4 is 5.73 Å². The normalized spacial score (nSPS) is 10.4. The van der Waals surface area contributed by atoms with E-state index in [0.717, 1.165) is 10.8 Å². The van der Waals surface area contributed by atoms with Gasteiger partial charge in [0, 0.05) is 17.8 Å². The summed E-state index contributed by atoms with van der Waals surface area (Å²) in [6.07, 6.45) is 3.26. The molecule has 0 saturated heterocycles. The fraction of sp³-hybridized carbons (Fsp3) is 0. The van der Waals surface area contributed by atoms with Gasteiger partial charge in [0.15, 0.2) is 0 Å². The maximum absolute atomic E-state index is 12.9. The predicted molar refractivity (Wildman–Crippen MR) is 46.1 cm³/mol. The SMILES string of the molecule is Nc1cc2ccncc2cc1F. The minimum Gasteiger partial charge on any atom is -0.396 e. The number of nitrogen functional groups attached to an aromatic ring is 1. The van der Waals surface area contributed by atoms with Gasteiger partial charge in [0.05, 0.1) is 5.69 Å². The van der Waals surface area contributed by atoms with Crippen molar-refractivity contribution in [2.24, 2.45) is 0 Å². The van der Waals surface area contributed by atoms with Gasteiger partial charge in [-0.3, -0.25) is 4.98 Å². The molecule has 1 heterocycles. The highest BCUT2D eigenvalue weighted by Crippen LogP contribution is 2.19. The second-order valence-corrected chi connectivity index (χ2v) is 2.60. The number of anilines is 1. The standard InChI is InChI=1S/C9H7FN2/c10-8-3-7-5-12-2-1-6(7)4-9(8)11/h1-5H,11H2. The molecule has 2 rings (SSSR count). The van der Waals surface area contributed by atoms with Crippen molar-refractivity contribution in [2.45, 2.75) is 0 Å². The van der Waals surface area contributed by atoms with E-state index in [2.05, 4.69) is 4.98 Å². The average Bonchev–Trinajstić information content (AvgIpc) is 2.07. The zero-order chi connectivity index (χ0) is 8.55. The summed E-state index contributed by atoms with van der Waals surface area (Å²) in [5.41, 5.74) is 5.57. The summed E-state index contributed by atoms with van der Waals surface area (Å²) < 4.78 is 12.9. The lowest BCUT2D eigenvalue weighted by molar-refractivity contribution is 0.634. The van der Waals surface area contributed by atoms with Crippen molar-refractivity contribution >= 4 is 16.5 Å². The van der Waals surface area contributed by atoms with E-state index in [-0.39, 0.29) is 5.69 Å². The quantitative estimate of drug-likeness (QED) is 0.601. The Morgan fingerprint density at radius 2 is 2.08 bits per heavy atom. The van der Waals surface area contributed by atoms with Crippen LogP contribution in [0.4, 0.5) is 10.1 Å². The van der Waals surface area contributed by atoms with Crippen molar-refractivity contribution in [2.75, 3.05) is 5.73 Å². The third-order valence-corrected chi connectivity index (χ3v) is 1.76. The predicted octanol–water partition coefficient (Wildman–Crippen LogP) is 1.96. The van der Waals surface area contributed by atoms with Crippen molar-refractivity contribution in [1.82, 2.24) is 4.98 Å². The van der Waals surface area contributed by atoms with Crippen LogP contribution in [0.1, 0.15) is 0 Å². The van der Waals surface area contributed by atoms with Crippen LogP contribution in [0.3, 0.4) is 0 Å². The maximum atomic E-state index is 12.9. The highest BCUT2D eigenvalue weighted by molar-refractivity contribution is 5.84. The minimum atomic E-state index is -0.393. The first kappa shape index (κ1) is 7.03. The van der Waals surface area contributed by atoms with E-state index in [1.54, 1.807) is 24.5 Å². The molecular formula is C9H7FN2. The molecule has 1 aromatic carbocycles. The van der Waals surface area contributed by atoms with Gasteiger partial charge in [-0.15, -0.1) is 0 Å². The van der Waals surface area contributed by atoms with Crippen molar-refractivity contribution in [3.8, 4) is 0 Å². The first-order valence-corrected chi connectivity index (χ1v) is 3.56. The topological polar surface area (TPSA) is 38.9 Å². The molecule has 12 heavy (non-hydrogen) atoms. The molecule has 0 unspecified atom stereocenters. The van der Waals surface area contributed by atoms with Crippen LogP contribution in [-0.4, -0.2) is 4.98 Å². The van der Waals surface area contributed by atoms with E-state index in [0.29, 0.717) is 0 Å². The Kier molecular flexibility index (Phi) is 1.43. The number of nitrogens with two attached hydrogens (primary N) is 1. The lowest BCUT2D eigenvalue weighted by atomic mass is 10.1. The highest BCUT2D eigenvalue weighted by Gasteiger charge is 1.99. The van der Waals surface area contributed by atoms with E-state index < -0.39 is 5.82 Å². The number of rotatable bonds is 0. The smallest absolute Gasteiger partial charge is 0.146 e. The number of hydrogen-bond donors (Lipinski definition) is 1. The third-order valence-electron chi connectivity index (χ3n) is 1.76. The molecule has 0 bridgehead atoms. The number of benzene rings is 1. The van der Waals surface area contributed by atoms with Crippen LogP contribution in [0.2, 0.25) is 0 Å². The summed E-state index contributed by atoms with van der Waals surface area (Å²) in [7, 11) is 0. The van der Waals surface area contributed by atoms with Gasteiger partial charge in [-0.1, -0.05) is 0 Å². The van der Waals surface area contributed by atoms with Gasteiger partial charge in [-0.25, -0.2) is 4.39 Å². The molecule has 0 aliphatic heterocycles. The van der Waals surface area contributed by atoms with Gasteiger partial charge >= 0.3 is 0 Å². The second kappa shape index (κ2) is 2.44. The van der Waals surface area contributed by atoms with Gasteiger partial charge in [0.2, 0.25) is 0 Å².